The van der Waals surface area contributed by atoms with Crippen LogP contribution < -0.4 is 0 Å². The second-order valence-corrected chi connectivity index (χ2v) is 19.3. The van der Waals surface area contributed by atoms with Gasteiger partial charge in [-0.25, -0.2) is 0 Å². The third-order valence-electron chi connectivity index (χ3n) is 12.6. The molecule has 0 heterocycles. The van der Waals surface area contributed by atoms with Crippen LogP contribution in [0, 0.1) is 0 Å². The van der Waals surface area contributed by atoms with Gasteiger partial charge in [-0.1, -0.05) is 280 Å². The van der Waals surface area contributed by atoms with Crippen LogP contribution in [0.2, 0.25) is 0 Å². The number of ether oxygens (including phenoxy) is 3. The molecule has 0 aliphatic rings. The summed E-state index contributed by atoms with van der Waals surface area (Å²) >= 11 is 0. The molecular weight excluding hydrogens is 841 g/mol. The number of unbranched alkanes of at least 4 members (excludes halogenated alkanes) is 33. The van der Waals surface area contributed by atoms with Gasteiger partial charge in [-0.15, -0.1) is 0 Å². The smallest absolute Gasteiger partial charge is 0.306 e. The van der Waals surface area contributed by atoms with Crippen LogP contribution in [-0.4, -0.2) is 37.2 Å². The molecule has 0 bridgehead atoms. The standard InChI is InChI=1S/C62H108O6/c1-4-7-10-13-16-19-22-25-27-29-31-33-34-37-40-43-46-49-52-55-61(64)67-58-59(57-66-60(63)54-51-48-45-42-39-36-24-21-18-15-12-9-6-3)68-62(65)56-53-50-47-44-41-38-35-32-30-28-26-23-20-17-14-11-8-5-2/h9,12,15,18,21,24,29,31,36,39,42,45,59H,4-8,10-11,13-14,16-17,19-20,22-23,25-28,30,32-35,37-38,40-41,43-44,46-58H2,1-3H3/b12-9-,18-15-,24-21-,31-29-,39-36-,45-42-. The summed E-state index contributed by atoms with van der Waals surface area (Å²) in [4.78, 5) is 38.1. The van der Waals surface area contributed by atoms with Crippen molar-refractivity contribution < 1.29 is 28.6 Å². The van der Waals surface area contributed by atoms with Crippen LogP contribution in [0.3, 0.4) is 0 Å². The molecule has 0 fully saturated rings. The van der Waals surface area contributed by atoms with E-state index in [9.17, 15) is 14.4 Å². The highest BCUT2D eigenvalue weighted by atomic mass is 16.6. The van der Waals surface area contributed by atoms with E-state index in [2.05, 4.69) is 39.0 Å². The molecule has 0 saturated carbocycles. The summed E-state index contributed by atoms with van der Waals surface area (Å²) in [5, 5.41) is 0. The van der Waals surface area contributed by atoms with E-state index in [0.717, 1.165) is 51.4 Å². The van der Waals surface area contributed by atoms with Gasteiger partial charge in [0.1, 0.15) is 13.2 Å². The number of hydrogen-bond acceptors (Lipinski definition) is 6. The average Bonchev–Trinajstić information content (AvgIpc) is 3.34. The number of esters is 3. The summed E-state index contributed by atoms with van der Waals surface area (Å²) in [6, 6.07) is 0. The van der Waals surface area contributed by atoms with Gasteiger partial charge in [0.05, 0.1) is 0 Å². The van der Waals surface area contributed by atoms with Crippen LogP contribution in [0.4, 0.5) is 0 Å². The van der Waals surface area contributed by atoms with E-state index in [1.54, 1.807) is 0 Å². The van der Waals surface area contributed by atoms with E-state index < -0.39 is 6.10 Å². The van der Waals surface area contributed by atoms with Crippen molar-refractivity contribution in [2.75, 3.05) is 13.2 Å². The Bertz CT molecular complexity index is 1270. The maximum atomic E-state index is 12.9. The Morgan fingerprint density at radius 2 is 0.603 bits per heavy atom. The molecule has 68 heavy (non-hydrogen) atoms. The molecule has 1 unspecified atom stereocenters. The highest BCUT2D eigenvalue weighted by Gasteiger charge is 2.19. The molecule has 392 valence electrons. The lowest BCUT2D eigenvalue weighted by atomic mass is 10.0. The summed E-state index contributed by atoms with van der Waals surface area (Å²) in [5.74, 6) is -0.968. The molecule has 0 amide bonds. The van der Waals surface area contributed by atoms with Crippen LogP contribution in [0.15, 0.2) is 72.9 Å². The van der Waals surface area contributed by atoms with Gasteiger partial charge in [-0.2, -0.15) is 0 Å². The fourth-order valence-electron chi connectivity index (χ4n) is 8.23. The summed E-state index contributed by atoms with van der Waals surface area (Å²) in [7, 11) is 0. The van der Waals surface area contributed by atoms with Crippen molar-refractivity contribution in [2.24, 2.45) is 0 Å². The number of carbonyl (C=O) groups excluding carboxylic acids is 3. The van der Waals surface area contributed by atoms with E-state index in [1.807, 2.05) is 54.7 Å². The van der Waals surface area contributed by atoms with E-state index in [4.69, 9.17) is 14.2 Å². The van der Waals surface area contributed by atoms with E-state index in [1.165, 1.54) is 186 Å². The highest BCUT2D eigenvalue weighted by molar-refractivity contribution is 5.71. The zero-order valence-electron chi connectivity index (χ0n) is 44.9. The van der Waals surface area contributed by atoms with Crippen LogP contribution in [0.25, 0.3) is 0 Å². The second kappa shape index (κ2) is 56.4. The first-order valence-electron chi connectivity index (χ1n) is 29.0. The third kappa shape index (κ3) is 53.8. The van der Waals surface area contributed by atoms with E-state index in [0.29, 0.717) is 19.3 Å². The largest absolute Gasteiger partial charge is 0.462 e. The van der Waals surface area contributed by atoms with Crippen molar-refractivity contribution in [1.82, 2.24) is 0 Å². The lowest BCUT2D eigenvalue weighted by Crippen LogP contribution is -2.30. The van der Waals surface area contributed by atoms with Crippen molar-refractivity contribution in [3.05, 3.63) is 72.9 Å². The van der Waals surface area contributed by atoms with E-state index >= 15 is 0 Å². The fourth-order valence-corrected chi connectivity index (χ4v) is 8.23. The summed E-state index contributed by atoms with van der Waals surface area (Å²) < 4.78 is 16.8. The van der Waals surface area contributed by atoms with Gasteiger partial charge in [0.25, 0.3) is 0 Å². The average molecular weight is 950 g/mol. The molecule has 6 heteroatoms. The van der Waals surface area contributed by atoms with Gasteiger partial charge >= 0.3 is 17.9 Å². The number of carbonyl (C=O) groups is 3. The summed E-state index contributed by atoms with van der Waals surface area (Å²) in [6.45, 7) is 6.46. The molecule has 0 aromatic heterocycles. The van der Waals surface area contributed by atoms with Gasteiger partial charge in [0.15, 0.2) is 6.10 Å². The Morgan fingerprint density at radius 1 is 0.309 bits per heavy atom. The molecule has 0 aliphatic carbocycles. The minimum absolute atomic E-state index is 0.0979. The van der Waals surface area contributed by atoms with Crippen molar-refractivity contribution in [3.8, 4) is 0 Å². The first-order chi connectivity index (χ1) is 33.5. The maximum absolute atomic E-state index is 12.9. The van der Waals surface area contributed by atoms with E-state index in [-0.39, 0.29) is 37.5 Å². The molecule has 0 saturated heterocycles. The lowest BCUT2D eigenvalue weighted by molar-refractivity contribution is -0.167. The molecule has 0 aromatic carbocycles. The monoisotopic (exact) mass is 949 g/mol. The van der Waals surface area contributed by atoms with Gasteiger partial charge in [-0.05, 0) is 57.8 Å². The minimum Gasteiger partial charge on any atom is -0.462 e. The Hall–Kier alpha value is -3.15. The molecule has 0 radical (unpaired) electrons. The Balaban J connectivity index is 4.40. The van der Waals surface area contributed by atoms with Gasteiger partial charge in [0.2, 0.25) is 0 Å². The van der Waals surface area contributed by atoms with Crippen LogP contribution >= 0.6 is 0 Å². The predicted molar refractivity (Wildman–Crippen MR) is 293 cm³/mol. The molecule has 6 nitrogen and oxygen atoms in total. The SMILES string of the molecule is CC\C=C/C=C\C=C/C=C\C=C/CCCC(=O)OCC(COC(=O)CCCCCCCCC/C=C\CCCCCCCCCC)OC(=O)CCCCCCCCCCCCCCCCCCCC. The zero-order valence-corrected chi connectivity index (χ0v) is 44.9. The lowest BCUT2D eigenvalue weighted by Gasteiger charge is -2.18. The quantitative estimate of drug-likeness (QED) is 0.0199. The molecule has 0 rings (SSSR count). The molecular formula is C62H108O6. The second-order valence-electron chi connectivity index (χ2n) is 19.3. The molecule has 0 aromatic rings. The number of rotatable bonds is 52. The van der Waals surface area contributed by atoms with Crippen LogP contribution in [-0.2, 0) is 28.6 Å². The fraction of sp³-hybridized carbons (Fsp3) is 0.758. The molecule has 0 spiro atoms. The predicted octanol–water partition coefficient (Wildman–Crippen LogP) is 19.4. The Labute approximate surface area is 421 Å². The van der Waals surface area contributed by atoms with Gasteiger partial charge in [-0.3, -0.25) is 14.4 Å². The minimum atomic E-state index is -0.804. The molecule has 1 atom stereocenters. The van der Waals surface area contributed by atoms with Crippen LogP contribution in [0.1, 0.15) is 284 Å². The Morgan fingerprint density at radius 3 is 0.985 bits per heavy atom. The zero-order chi connectivity index (χ0) is 49.3. The van der Waals surface area contributed by atoms with Gasteiger partial charge in [0, 0.05) is 19.3 Å². The molecule has 0 N–H and O–H groups in total. The number of allylic oxidation sites excluding steroid dienone is 12. The first kappa shape index (κ1) is 64.8. The van der Waals surface area contributed by atoms with Gasteiger partial charge < -0.3 is 14.2 Å². The summed E-state index contributed by atoms with van der Waals surface area (Å²) in [5.41, 5.74) is 0. The highest BCUT2D eigenvalue weighted by Crippen LogP contribution is 2.16. The van der Waals surface area contributed by atoms with Crippen molar-refractivity contribution in [1.29, 1.82) is 0 Å². The normalized spacial score (nSPS) is 12.6. The summed E-state index contributed by atoms with van der Waals surface area (Å²) in [6.07, 6.45) is 71.9. The maximum Gasteiger partial charge on any atom is 0.306 e. The Kier molecular flexibility index (Phi) is 53.8. The third-order valence-corrected chi connectivity index (χ3v) is 12.6. The van der Waals surface area contributed by atoms with Crippen molar-refractivity contribution in [3.63, 3.8) is 0 Å². The number of hydrogen-bond donors (Lipinski definition) is 0. The topological polar surface area (TPSA) is 78.9 Å². The first-order valence-corrected chi connectivity index (χ1v) is 29.0. The van der Waals surface area contributed by atoms with Crippen LogP contribution in [0.5, 0.6) is 0 Å². The van der Waals surface area contributed by atoms with Crippen molar-refractivity contribution in [2.45, 2.75) is 290 Å². The molecule has 0 aliphatic heterocycles. The van der Waals surface area contributed by atoms with Crippen molar-refractivity contribution >= 4 is 17.9 Å².